The van der Waals surface area contributed by atoms with E-state index in [1.165, 1.54) is 4.90 Å². The van der Waals surface area contributed by atoms with Gasteiger partial charge in [0.25, 0.3) is 0 Å². The van der Waals surface area contributed by atoms with Gasteiger partial charge in [0.2, 0.25) is 0 Å². The highest BCUT2D eigenvalue weighted by atomic mass is 16.6. The van der Waals surface area contributed by atoms with Crippen LogP contribution in [0.5, 0.6) is 0 Å². The van der Waals surface area contributed by atoms with Gasteiger partial charge in [-0.05, 0) is 34.6 Å². The van der Waals surface area contributed by atoms with Gasteiger partial charge in [-0.3, -0.25) is 0 Å². The molecule has 0 aliphatic carbocycles. The molecule has 0 aromatic carbocycles. The zero-order chi connectivity index (χ0) is 12.9. The van der Waals surface area contributed by atoms with E-state index < -0.39 is 17.8 Å². The fourth-order valence-electron chi connectivity index (χ4n) is 1.22. The second-order valence-electron chi connectivity index (χ2n) is 5.21. The number of carbonyl (C=O) groups is 1. The zero-order valence-electron chi connectivity index (χ0n) is 10.9. The highest BCUT2D eigenvalue weighted by Gasteiger charge is 2.23. The van der Waals surface area contributed by atoms with Crippen LogP contribution in [-0.4, -0.2) is 46.9 Å². The molecule has 1 amide bonds. The number of nitrogens with two attached hydrogens (primary N) is 1. The van der Waals surface area contributed by atoms with E-state index in [-0.39, 0.29) is 12.6 Å². The number of aliphatic hydroxyl groups excluding tert-OH is 1. The molecule has 0 rings (SSSR count). The Hall–Kier alpha value is -0.810. The van der Waals surface area contributed by atoms with Crippen molar-refractivity contribution in [3.8, 4) is 0 Å². The first-order valence-corrected chi connectivity index (χ1v) is 5.53. The van der Waals surface area contributed by atoms with Crippen molar-refractivity contribution in [3.63, 3.8) is 0 Å². The predicted octanol–water partition coefficient (Wildman–Crippen LogP) is 0.952. The molecule has 2 atom stereocenters. The fourth-order valence-corrected chi connectivity index (χ4v) is 1.22. The Balaban J connectivity index is 4.44. The number of rotatable bonds is 4. The number of hydrogen-bond acceptors (Lipinski definition) is 4. The summed E-state index contributed by atoms with van der Waals surface area (Å²) >= 11 is 0. The van der Waals surface area contributed by atoms with Crippen LogP contribution < -0.4 is 5.73 Å². The van der Waals surface area contributed by atoms with E-state index in [4.69, 9.17) is 10.5 Å². The Bertz CT molecular complexity index is 212. The van der Waals surface area contributed by atoms with Gasteiger partial charge >= 0.3 is 6.09 Å². The lowest BCUT2D eigenvalue weighted by atomic mass is 10.2. The molecule has 0 aliphatic rings. The molecule has 0 aromatic heterocycles. The van der Waals surface area contributed by atoms with Gasteiger partial charge in [-0.2, -0.15) is 0 Å². The van der Waals surface area contributed by atoms with Crippen LogP contribution in [0.3, 0.4) is 0 Å². The molecule has 96 valence electrons. The highest BCUT2D eigenvalue weighted by molar-refractivity contribution is 5.68. The molecule has 0 spiro atoms. The van der Waals surface area contributed by atoms with Crippen molar-refractivity contribution >= 4 is 6.09 Å². The van der Waals surface area contributed by atoms with Crippen molar-refractivity contribution in [2.45, 2.75) is 52.4 Å². The maximum Gasteiger partial charge on any atom is 0.410 e. The summed E-state index contributed by atoms with van der Waals surface area (Å²) in [5, 5.41) is 9.29. The minimum absolute atomic E-state index is 0.147. The molecule has 0 saturated heterocycles. The third kappa shape index (κ3) is 7.48. The normalized spacial score (nSPS) is 15.4. The van der Waals surface area contributed by atoms with Crippen LogP contribution in [0, 0.1) is 0 Å². The van der Waals surface area contributed by atoms with E-state index in [1.54, 1.807) is 34.6 Å². The maximum absolute atomic E-state index is 11.8. The molecule has 0 aliphatic heterocycles. The maximum atomic E-state index is 11.8. The number of hydrogen-bond donors (Lipinski definition) is 2. The predicted molar refractivity (Wildman–Crippen MR) is 63.1 cm³/mol. The van der Waals surface area contributed by atoms with Crippen LogP contribution in [0.2, 0.25) is 0 Å². The summed E-state index contributed by atoms with van der Waals surface area (Å²) in [6.07, 6.45) is -1.03. The number of carbonyl (C=O) groups excluding carboxylic acids is 1. The average Bonchev–Trinajstić information content (AvgIpc) is 1.97. The lowest BCUT2D eigenvalue weighted by molar-refractivity contribution is 0.0152. The second kappa shape index (κ2) is 6.06. The van der Waals surface area contributed by atoms with Crippen molar-refractivity contribution in [1.82, 2.24) is 4.90 Å². The van der Waals surface area contributed by atoms with Gasteiger partial charge in [0.1, 0.15) is 5.60 Å². The van der Waals surface area contributed by atoms with E-state index in [0.717, 1.165) is 0 Å². The van der Waals surface area contributed by atoms with Crippen LogP contribution in [0.4, 0.5) is 4.79 Å². The topological polar surface area (TPSA) is 75.8 Å². The second-order valence-corrected chi connectivity index (χ2v) is 5.21. The molecule has 16 heavy (non-hydrogen) atoms. The first kappa shape index (κ1) is 15.2. The Morgan fingerprint density at radius 1 is 1.38 bits per heavy atom. The molecule has 5 heteroatoms. The van der Waals surface area contributed by atoms with Crippen LogP contribution in [0.25, 0.3) is 0 Å². The minimum atomic E-state index is -0.591. The van der Waals surface area contributed by atoms with Gasteiger partial charge in [0.15, 0.2) is 0 Å². The summed E-state index contributed by atoms with van der Waals surface area (Å²) in [6, 6.07) is -0.147. The quantitative estimate of drug-likeness (QED) is 0.756. The summed E-state index contributed by atoms with van der Waals surface area (Å²) < 4.78 is 5.22. The van der Waals surface area contributed by atoms with Crippen molar-refractivity contribution in [1.29, 1.82) is 0 Å². The molecule has 5 nitrogen and oxygen atoms in total. The van der Waals surface area contributed by atoms with Gasteiger partial charge in [-0.25, -0.2) is 4.79 Å². The van der Waals surface area contributed by atoms with Gasteiger partial charge in [0, 0.05) is 19.1 Å². The van der Waals surface area contributed by atoms with Crippen LogP contribution in [0.15, 0.2) is 0 Å². The fraction of sp³-hybridized carbons (Fsp3) is 0.909. The SMILES string of the molecule is C[C@H](O)CN(C[C@@H](C)N)C(=O)OC(C)(C)C. The number of ether oxygens (including phenoxy) is 1. The summed E-state index contributed by atoms with van der Waals surface area (Å²) in [5.41, 5.74) is 5.10. The minimum Gasteiger partial charge on any atom is -0.444 e. The molecule has 0 unspecified atom stereocenters. The van der Waals surface area contributed by atoms with E-state index in [9.17, 15) is 9.90 Å². The molecular weight excluding hydrogens is 208 g/mol. The lowest BCUT2D eigenvalue weighted by Gasteiger charge is -2.29. The molecule has 3 N–H and O–H groups in total. The van der Waals surface area contributed by atoms with E-state index in [1.807, 2.05) is 0 Å². The van der Waals surface area contributed by atoms with Gasteiger partial charge < -0.3 is 20.5 Å². The smallest absolute Gasteiger partial charge is 0.410 e. The van der Waals surface area contributed by atoms with E-state index in [0.29, 0.717) is 6.54 Å². The summed E-state index contributed by atoms with van der Waals surface area (Å²) in [4.78, 5) is 13.2. The molecule has 0 radical (unpaired) electrons. The molecule has 0 heterocycles. The van der Waals surface area contributed by atoms with Gasteiger partial charge in [-0.15, -0.1) is 0 Å². The highest BCUT2D eigenvalue weighted by Crippen LogP contribution is 2.10. The Morgan fingerprint density at radius 3 is 2.19 bits per heavy atom. The number of amides is 1. The largest absolute Gasteiger partial charge is 0.444 e. The first-order chi connectivity index (χ1) is 7.11. The van der Waals surface area contributed by atoms with Crippen molar-refractivity contribution < 1.29 is 14.6 Å². The van der Waals surface area contributed by atoms with Gasteiger partial charge in [-0.1, -0.05) is 0 Å². The number of aliphatic hydroxyl groups is 1. The summed E-state index contributed by atoms with van der Waals surface area (Å²) in [5.74, 6) is 0. The molecule has 0 bridgehead atoms. The Kier molecular flexibility index (Phi) is 5.75. The number of nitrogens with zero attached hydrogens (tertiary/aromatic N) is 1. The standard InChI is InChI=1S/C11H24N2O3/c1-8(12)6-13(7-9(2)14)10(15)16-11(3,4)5/h8-9,14H,6-7,12H2,1-5H3/t8-,9+/m1/s1. The average molecular weight is 232 g/mol. The first-order valence-electron chi connectivity index (χ1n) is 5.53. The van der Waals surface area contributed by atoms with Crippen molar-refractivity contribution in [2.75, 3.05) is 13.1 Å². The molecule has 0 fully saturated rings. The van der Waals surface area contributed by atoms with Gasteiger partial charge in [0.05, 0.1) is 6.10 Å². The third-order valence-corrected chi connectivity index (χ3v) is 1.64. The molecule has 0 aromatic rings. The lowest BCUT2D eigenvalue weighted by Crippen LogP contribution is -2.45. The van der Waals surface area contributed by atoms with Crippen LogP contribution in [-0.2, 0) is 4.74 Å². The van der Waals surface area contributed by atoms with E-state index in [2.05, 4.69) is 0 Å². The van der Waals surface area contributed by atoms with Crippen LogP contribution >= 0.6 is 0 Å². The summed E-state index contributed by atoms with van der Waals surface area (Å²) in [7, 11) is 0. The van der Waals surface area contributed by atoms with Crippen molar-refractivity contribution in [2.24, 2.45) is 5.73 Å². The zero-order valence-corrected chi connectivity index (χ0v) is 10.9. The third-order valence-electron chi connectivity index (χ3n) is 1.64. The summed E-state index contributed by atoms with van der Waals surface area (Å²) in [6.45, 7) is 9.44. The molecule has 0 saturated carbocycles. The van der Waals surface area contributed by atoms with E-state index >= 15 is 0 Å². The Morgan fingerprint density at radius 2 is 1.88 bits per heavy atom. The Labute approximate surface area is 97.6 Å². The van der Waals surface area contributed by atoms with Crippen LogP contribution in [0.1, 0.15) is 34.6 Å². The van der Waals surface area contributed by atoms with Crippen molar-refractivity contribution in [3.05, 3.63) is 0 Å². The monoisotopic (exact) mass is 232 g/mol. The molecular formula is C11H24N2O3.